The molecule has 0 fully saturated rings. The van der Waals surface area contributed by atoms with Crippen LogP contribution in [0.3, 0.4) is 0 Å². The minimum Gasteiger partial charge on any atom is -0.438 e. The van der Waals surface area contributed by atoms with Gasteiger partial charge in [0.2, 0.25) is 5.88 Å². The number of carbonyl (C=O) groups is 1. The van der Waals surface area contributed by atoms with E-state index in [-0.39, 0.29) is 0 Å². The number of ether oxygens (including phenoxy) is 1. The van der Waals surface area contributed by atoms with Gasteiger partial charge in [0.15, 0.2) is 0 Å². The number of nitrogens with one attached hydrogen (secondary N) is 1. The number of rotatable bonds is 6. The van der Waals surface area contributed by atoms with Gasteiger partial charge in [0.25, 0.3) is 5.91 Å². The maximum absolute atomic E-state index is 13.7. The Labute approximate surface area is 204 Å². The topological polar surface area (TPSA) is 77.0 Å². The van der Waals surface area contributed by atoms with Crippen molar-refractivity contribution in [3.05, 3.63) is 95.3 Å². The van der Waals surface area contributed by atoms with E-state index in [9.17, 15) is 22.4 Å². The highest BCUT2D eigenvalue weighted by atomic mass is 19.4. The number of halogens is 4. The quantitative estimate of drug-likeness (QED) is 0.304. The molecule has 0 atom stereocenters. The van der Waals surface area contributed by atoms with Crippen molar-refractivity contribution in [2.75, 3.05) is 5.32 Å². The van der Waals surface area contributed by atoms with E-state index in [0.717, 1.165) is 6.07 Å². The zero-order valence-electron chi connectivity index (χ0n) is 19.2. The lowest BCUT2D eigenvalue weighted by Crippen LogP contribution is -2.14. The Hall–Kier alpha value is -4.34. The first-order chi connectivity index (χ1) is 17.1. The summed E-state index contributed by atoms with van der Waals surface area (Å²) in [5, 5.41) is 2.48. The molecule has 184 valence electrons. The first-order valence-electron chi connectivity index (χ1n) is 10.9. The van der Waals surface area contributed by atoms with Crippen molar-refractivity contribution in [3.63, 3.8) is 0 Å². The van der Waals surface area contributed by atoms with Crippen LogP contribution in [0.15, 0.2) is 67.0 Å². The number of hydrogen-bond donors (Lipinski definition) is 1. The number of anilines is 1. The van der Waals surface area contributed by atoms with E-state index < -0.39 is 29.0 Å². The fraction of sp³-hybridized carbons (Fsp3) is 0.154. The summed E-state index contributed by atoms with van der Waals surface area (Å²) in [6, 6.07) is 11.7. The number of pyridine rings is 1. The first-order valence-corrected chi connectivity index (χ1v) is 10.9. The van der Waals surface area contributed by atoms with E-state index in [2.05, 4.69) is 20.3 Å². The second kappa shape index (κ2) is 10.1. The highest BCUT2D eigenvalue weighted by Gasteiger charge is 2.32. The Kier molecular flexibility index (Phi) is 6.96. The average Bonchev–Trinajstić information content (AvgIpc) is 2.85. The summed E-state index contributed by atoms with van der Waals surface area (Å²) < 4.78 is 58.6. The summed E-state index contributed by atoms with van der Waals surface area (Å²) in [6.45, 7) is 3.68. The largest absolute Gasteiger partial charge is 0.438 e. The van der Waals surface area contributed by atoms with Crippen LogP contribution in [0, 0.1) is 12.7 Å². The third-order valence-electron chi connectivity index (χ3n) is 5.20. The van der Waals surface area contributed by atoms with Gasteiger partial charge < -0.3 is 10.1 Å². The van der Waals surface area contributed by atoms with Crippen molar-refractivity contribution >= 4 is 11.6 Å². The number of amides is 1. The van der Waals surface area contributed by atoms with E-state index in [1.165, 1.54) is 6.07 Å². The molecule has 2 aromatic carbocycles. The molecule has 0 radical (unpaired) electrons. The molecular formula is C26H20F4N4O2. The van der Waals surface area contributed by atoms with Gasteiger partial charge in [-0.3, -0.25) is 4.79 Å². The van der Waals surface area contributed by atoms with Crippen LogP contribution in [0.4, 0.5) is 23.2 Å². The lowest BCUT2D eigenvalue weighted by molar-refractivity contribution is -0.137. The molecule has 2 heterocycles. The Morgan fingerprint density at radius 2 is 1.83 bits per heavy atom. The zero-order chi connectivity index (χ0) is 25.9. The molecule has 2 aromatic heterocycles. The lowest BCUT2D eigenvalue weighted by atomic mass is 10.1. The van der Waals surface area contributed by atoms with Gasteiger partial charge in [0, 0.05) is 30.1 Å². The molecule has 0 spiro atoms. The maximum atomic E-state index is 13.7. The highest BCUT2D eigenvalue weighted by Crippen LogP contribution is 2.33. The van der Waals surface area contributed by atoms with E-state index in [1.54, 1.807) is 43.6 Å². The van der Waals surface area contributed by atoms with Crippen LogP contribution in [-0.4, -0.2) is 20.9 Å². The third kappa shape index (κ3) is 5.65. The standard InChI is InChI=1S/C26H20F4N4O2/c1-3-23-31-10-8-21(34-23)20-5-4-9-32-25(20)36-22-7-6-19(11-15(22)2)33-24(35)16-12-17(26(28,29)30)14-18(27)13-16/h4-14H,3H2,1-2H3,(H,33,35). The molecule has 0 aliphatic rings. The fourth-order valence-electron chi connectivity index (χ4n) is 3.42. The van der Waals surface area contributed by atoms with Crippen molar-refractivity contribution in [2.24, 2.45) is 0 Å². The maximum Gasteiger partial charge on any atom is 0.416 e. The first kappa shape index (κ1) is 24.8. The highest BCUT2D eigenvalue weighted by molar-refractivity contribution is 6.04. The predicted octanol–water partition coefficient (Wildman–Crippen LogP) is 6.61. The van der Waals surface area contributed by atoms with Gasteiger partial charge in [-0.2, -0.15) is 13.2 Å². The Morgan fingerprint density at radius 3 is 2.56 bits per heavy atom. The summed E-state index contributed by atoms with van der Waals surface area (Å²) in [6.07, 6.45) is -0.861. The molecule has 0 bridgehead atoms. The lowest BCUT2D eigenvalue weighted by Gasteiger charge is -2.14. The molecule has 36 heavy (non-hydrogen) atoms. The second-order valence-corrected chi connectivity index (χ2v) is 7.83. The van der Waals surface area contributed by atoms with Crippen molar-refractivity contribution in [2.45, 2.75) is 26.4 Å². The van der Waals surface area contributed by atoms with E-state index >= 15 is 0 Å². The minimum absolute atomic E-state index is 0.298. The van der Waals surface area contributed by atoms with Gasteiger partial charge in [0.05, 0.1) is 16.8 Å². The molecule has 0 saturated carbocycles. The van der Waals surface area contributed by atoms with Gasteiger partial charge >= 0.3 is 6.18 Å². The zero-order valence-corrected chi connectivity index (χ0v) is 19.2. The number of benzene rings is 2. The molecule has 10 heteroatoms. The molecule has 1 N–H and O–H groups in total. The number of nitrogens with zero attached hydrogens (tertiary/aromatic N) is 3. The normalized spacial score (nSPS) is 11.3. The van der Waals surface area contributed by atoms with E-state index in [1.807, 2.05) is 13.0 Å². The smallest absolute Gasteiger partial charge is 0.416 e. The van der Waals surface area contributed by atoms with Gasteiger partial charge in [-0.25, -0.2) is 19.3 Å². The molecule has 4 aromatic rings. The molecule has 0 unspecified atom stereocenters. The SMILES string of the molecule is CCc1nccc(-c2cccnc2Oc2ccc(NC(=O)c3cc(F)cc(C(F)(F)F)c3)cc2C)n1. The van der Waals surface area contributed by atoms with Crippen molar-refractivity contribution in [1.29, 1.82) is 0 Å². The number of aromatic nitrogens is 3. The number of carbonyl (C=O) groups excluding carboxylic acids is 1. The van der Waals surface area contributed by atoms with Crippen LogP contribution in [0.25, 0.3) is 11.3 Å². The van der Waals surface area contributed by atoms with Crippen molar-refractivity contribution in [3.8, 4) is 22.9 Å². The van der Waals surface area contributed by atoms with Crippen LogP contribution in [0.5, 0.6) is 11.6 Å². The summed E-state index contributed by atoms with van der Waals surface area (Å²) in [7, 11) is 0. The molecule has 4 rings (SSSR count). The van der Waals surface area contributed by atoms with Crippen LogP contribution in [0.2, 0.25) is 0 Å². The summed E-state index contributed by atoms with van der Waals surface area (Å²) in [5.74, 6) is -0.592. The van der Waals surface area contributed by atoms with Crippen LogP contribution in [0.1, 0.15) is 34.2 Å². The second-order valence-electron chi connectivity index (χ2n) is 7.83. The van der Waals surface area contributed by atoms with E-state index in [0.29, 0.717) is 58.5 Å². The molecule has 1 amide bonds. The molecular weight excluding hydrogens is 476 g/mol. The summed E-state index contributed by atoms with van der Waals surface area (Å²) in [4.78, 5) is 25.5. The monoisotopic (exact) mass is 496 g/mol. The van der Waals surface area contributed by atoms with Crippen LogP contribution >= 0.6 is 0 Å². The van der Waals surface area contributed by atoms with Crippen LogP contribution in [-0.2, 0) is 12.6 Å². The van der Waals surface area contributed by atoms with Crippen molar-refractivity contribution < 1.29 is 27.1 Å². The Balaban J connectivity index is 1.55. The van der Waals surface area contributed by atoms with Crippen LogP contribution < -0.4 is 10.1 Å². The molecule has 0 saturated heterocycles. The Morgan fingerprint density at radius 1 is 1.03 bits per heavy atom. The number of aryl methyl sites for hydroxylation is 2. The minimum atomic E-state index is -4.78. The van der Waals surface area contributed by atoms with Gasteiger partial charge in [-0.15, -0.1) is 0 Å². The fourth-order valence-corrected chi connectivity index (χ4v) is 3.42. The number of alkyl halides is 3. The third-order valence-corrected chi connectivity index (χ3v) is 5.20. The summed E-state index contributed by atoms with van der Waals surface area (Å²) in [5.41, 5.74) is 0.546. The Bertz CT molecular complexity index is 1420. The number of hydrogen-bond acceptors (Lipinski definition) is 5. The average molecular weight is 496 g/mol. The molecule has 6 nitrogen and oxygen atoms in total. The van der Waals surface area contributed by atoms with Crippen molar-refractivity contribution in [1.82, 2.24) is 15.0 Å². The summed E-state index contributed by atoms with van der Waals surface area (Å²) >= 11 is 0. The van der Waals surface area contributed by atoms with Gasteiger partial charge in [-0.05, 0) is 67.1 Å². The molecule has 0 aliphatic carbocycles. The van der Waals surface area contributed by atoms with Gasteiger partial charge in [-0.1, -0.05) is 6.92 Å². The molecule has 0 aliphatic heterocycles. The van der Waals surface area contributed by atoms with Gasteiger partial charge in [0.1, 0.15) is 17.4 Å². The van der Waals surface area contributed by atoms with E-state index in [4.69, 9.17) is 4.74 Å². The predicted molar refractivity (Wildman–Crippen MR) is 125 cm³/mol.